The van der Waals surface area contributed by atoms with Gasteiger partial charge in [-0.3, -0.25) is 9.59 Å². The monoisotopic (exact) mass is 287 g/mol. The SMILES string of the molecule is Cc1nsc2[nH]cc(C(=O)NC3=CCCC=C3)c(=O)c12. The van der Waals surface area contributed by atoms with Crippen LogP contribution in [0.25, 0.3) is 10.2 Å². The summed E-state index contributed by atoms with van der Waals surface area (Å²) in [6.45, 7) is 1.77. The molecule has 0 saturated carbocycles. The molecule has 5 nitrogen and oxygen atoms in total. The van der Waals surface area contributed by atoms with Gasteiger partial charge in [0, 0.05) is 11.9 Å². The number of aromatic amines is 1. The zero-order valence-electron chi connectivity index (χ0n) is 10.9. The van der Waals surface area contributed by atoms with Crippen LogP contribution in [0.15, 0.2) is 34.9 Å². The summed E-state index contributed by atoms with van der Waals surface area (Å²) < 4.78 is 4.13. The molecule has 2 heterocycles. The van der Waals surface area contributed by atoms with Crippen molar-refractivity contribution in [2.45, 2.75) is 19.8 Å². The summed E-state index contributed by atoms with van der Waals surface area (Å²) in [5, 5.41) is 3.25. The average molecular weight is 287 g/mol. The minimum Gasteiger partial charge on any atom is -0.351 e. The lowest BCUT2D eigenvalue weighted by Crippen LogP contribution is -2.28. The van der Waals surface area contributed by atoms with Crippen LogP contribution in [-0.2, 0) is 0 Å². The number of rotatable bonds is 2. The highest BCUT2D eigenvalue weighted by molar-refractivity contribution is 7.12. The average Bonchev–Trinajstić information content (AvgIpc) is 2.82. The summed E-state index contributed by atoms with van der Waals surface area (Å²) in [7, 11) is 0. The van der Waals surface area contributed by atoms with E-state index in [1.807, 2.05) is 18.2 Å². The second kappa shape index (κ2) is 5.05. The number of amides is 1. The lowest BCUT2D eigenvalue weighted by Gasteiger charge is -2.08. The van der Waals surface area contributed by atoms with Crippen molar-refractivity contribution < 1.29 is 4.79 Å². The Hall–Kier alpha value is -2.21. The Morgan fingerprint density at radius 3 is 3.05 bits per heavy atom. The van der Waals surface area contributed by atoms with Crippen molar-refractivity contribution in [3.05, 3.63) is 51.6 Å². The fourth-order valence-electron chi connectivity index (χ4n) is 2.15. The van der Waals surface area contributed by atoms with Crippen molar-refractivity contribution in [3.63, 3.8) is 0 Å². The standard InChI is InChI=1S/C14H13N3O2S/c1-8-11-12(18)10(7-15-14(11)20-17-8)13(19)16-9-5-3-2-4-6-9/h3,5-7H,2,4H2,1H3,(H,15,18)(H,16,19). The third-order valence-corrected chi connectivity index (χ3v) is 4.05. The first-order valence-electron chi connectivity index (χ1n) is 6.32. The van der Waals surface area contributed by atoms with Crippen molar-refractivity contribution in [2.75, 3.05) is 0 Å². The molecule has 2 aromatic rings. The summed E-state index contributed by atoms with van der Waals surface area (Å²) in [6, 6.07) is 0. The van der Waals surface area contributed by atoms with Gasteiger partial charge in [-0.25, -0.2) is 0 Å². The van der Waals surface area contributed by atoms with Gasteiger partial charge in [0.25, 0.3) is 5.91 Å². The zero-order chi connectivity index (χ0) is 14.1. The van der Waals surface area contributed by atoms with Crippen LogP contribution < -0.4 is 10.7 Å². The number of allylic oxidation sites excluding steroid dienone is 3. The van der Waals surface area contributed by atoms with Gasteiger partial charge in [-0.1, -0.05) is 12.2 Å². The second-order valence-electron chi connectivity index (χ2n) is 4.60. The molecule has 2 aromatic heterocycles. The number of hydrogen-bond acceptors (Lipinski definition) is 4. The Balaban J connectivity index is 1.97. The van der Waals surface area contributed by atoms with E-state index in [9.17, 15) is 9.59 Å². The van der Waals surface area contributed by atoms with Gasteiger partial charge in [0.2, 0.25) is 5.43 Å². The van der Waals surface area contributed by atoms with Crippen LogP contribution >= 0.6 is 11.5 Å². The van der Waals surface area contributed by atoms with Gasteiger partial charge in [0.05, 0.1) is 11.1 Å². The van der Waals surface area contributed by atoms with Crippen LogP contribution in [-0.4, -0.2) is 15.3 Å². The first kappa shape index (κ1) is 12.8. The second-order valence-corrected chi connectivity index (χ2v) is 5.37. The maximum atomic E-state index is 12.3. The number of carbonyl (C=O) groups excluding carboxylic acids is 1. The van der Waals surface area contributed by atoms with E-state index >= 15 is 0 Å². The minimum atomic E-state index is -0.392. The molecular formula is C14H13N3O2S. The third kappa shape index (κ3) is 2.18. The number of carbonyl (C=O) groups is 1. The Labute approximate surface area is 119 Å². The summed E-state index contributed by atoms with van der Waals surface area (Å²) in [6.07, 6.45) is 9.12. The third-order valence-electron chi connectivity index (χ3n) is 3.18. The smallest absolute Gasteiger partial charge is 0.261 e. The lowest BCUT2D eigenvalue weighted by molar-refractivity contribution is 0.0966. The number of nitrogens with zero attached hydrogens (tertiary/aromatic N) is 1. The molecule has 20 heavy (non-hydrogen) atoms. The Morgan fingerprint density at radius 1 is 1.45 bits per heavy atom. The van der Waals surface area contributed by atoms with Crippen LogP contribution in [0.5, 0.6) is 0 Å². The minimum absolute atomic E-state index is 0.112. The highest BCUT2D eigenvalue weighted by Crippen LogP contribution is 2.16. The molecule has 1 amide bonds. The first-order valence-corrected chi connectivity index (χ1v) is 7.10. The normalized spacial score (nSPS) is 14.3. The van der Waals surface area contributed by atoms with Gasteiger partial charge < -0.3 is 10.3 Å². The summed E-state index contributed by atoms with van der Waals surface area (Å²) in [5.74, 6) is -0.392. The van der Waals surface area contributed by atoms with E-state index in [1.165, 1.54) is 17.7 Å². The maximum Gasteiger partial charge on any atom is 0.261 e. The van der Waals surface area contributed by atoms with Crippen molar-refractivity contribution in [1.29, 1.82) is 0 Å². The molecule has 0 saturated heterocycles. The molecule has 0 atom stereocenters. The fraction of sp³-hybridized carbons (Fsp3) is 0.214. The van der Waals surface area contributed by atoms with E-state index in [2.05, 4.69) is 14.7 Å². The fourth-order valence-corrected chi connectivity index (χ4v) is 2.91. The molecule has 0 fully saturated rings. The van der Waals surface area contributed by atoms with Gasteiger partial charge in [-0.05, 0) is 37.4 Å². The topological polar surface area (TPSA) is 74.8 Å². The van der Waals surface area contributed by atoms with E-state index in [0.29, 0.717) is 15.9 Å². The van der Waals surface area contributed by atoms with E-state index in [0.717, 1.165) is 18.5 Å². The van der Waals surface area contributed by atoms with E-state index in [-0.39, 0.29) is 11.0 Å². The zero-order valence-corrected chi connectivity index (χ0v) is 11.7. The van der Waals surface area contributed by atoms with Crippen LogP contribution in [0.3, 0.4) is 0 Å². The van der Waals surface area contributed by atoms with Gasteiger partial charge in [-0.2, -0.15) is 4.37 Å². The van der Waals surface area contributed by atoms with Gasteiger partial charge >= 0.3 is 0 Å². The van der Waals surface area contributed by atoms with E-state index in [4.69, 9.17) is 0 Å². The van der Waals surface area contributed by atoms with Crippen molar-refractivity contribution in [2.24, 2.45) is 0 Å². The van der Waals surface area contributed by atoms with E-state index in [1.54, 1.807) is 6.92 Å². The molecule has 6 heteroatoms. The summed E-state index contributed by atoms with van der Waals surface area (Å²) >= 11 is 1.22. The lowest BCUT2D eigenvalue weighted by atomic mass is 10.1. The van der Waals surface area contributed by atoms with Gasteiger partial charge in [-0.15, -0.1) is 0 Å². The Morgan fingerprint density at radius 2 is 2.30 bits per heavy atom. The number of fused-ring (bicyclic) bond motifs is 1. The molecule has 0 radical (unpaired) electrons. The maximum absolute atomic E-state index is 12.3. The molecule has 2 N–H and O–H groups in total. The predicted octanol–water partition coefficient (Wildman–Crippen LogP) is 2.26. The molecule has 0 unspecified atom stereocenters. The molecule has 102 valence electrons. The van der Waals surface area contributed by atoms with Gasteiger partial charge in [0.15, 0.2) is 0 Å². The Kier molecular flexibility index (Phi) is 3.23. The molecule has 3 rings (SSSR count). The van der Waals surface area contributed by atoms with E-state index < -0.39 is 5.91 Å². The van der Waals surface area contributed by atoms with Crippen LogP contribution in [0.2, 0.25) is 0 Å². The molecule has 1 aliphatic rings. The molecule has 1 aliphatic carbocycles. The number of H-pyrrole nitrogens is 1. The summed E-state index contributed by atoms with van der Waals surface area (Å²) in [5.41, 5.74) is 1.22. The molecular weight excluding hydrogens is 274 g/mol. The number of pyridine rings is 1. The quantitative estimate of drug-likeness (QED) is 0.889. The van der Waals surface area contributed by atoms with Crippen LogP contribution in [0, 0.1) is 6.92 Å². The highest BCUT2D eigenvalue weighted by Gasteiger charge is 2.16. The van der Waals surface area contributed by atoms with Crippen molar-refractivity contribution in [1.82, 2.24) is 14.7 Å². The number of nitrogens with one attached hydrogen (secondary N) is 2. The molecule has 0 aliphatic heterocycles. The predicted molar refractivity (Wildman–Crippen MR) is 78.9 cm³/mol. The van der Waals surface area contributed by atoms with Crippen LogP contribution in [0.4, 0.5) is 0 Å². The molecule has 0 spiro atoms. The number of aromatic nitrogens is 2. The number of hydrogen-bond donors (Lipinski definition) is 2. The van der Waals surface area contributed by atoms with Crippen molar-refractivity contribution in [3.8, 4) is 0 Å². The van der Waals surface area contributed by atoms with Crippen molar-refractivity contribution >= 4 is 27.7 Å². The Bertz CT molecular complexity index is 798. The number of aryl methyl sites for hydroxylation is 1. The molecule has 0 bridgehead atoms. The largest absolute Gasteiger partial charge is 0.351 e. The summed E-state index contributed by atoms with van der Waals surface area (Å²) in [4.78, 5) is 28.2. The highest BCUT2D eigenvalue weighted by atomic mass is 32.1. The van der Waals surface area contributed by atoms with Crippen LogP contribution in [0.1, 0.15) is 28.9 Å². The van der Waals surface area contributed by atoms with Gasteiger partial charge in [0.1, 0.15) is 10.4 Å². The first-order chi connectivity index (χ1) is 9.66. The molecule has 0 aromatic carbocycles.